The molecule has 1 heterocycles. The fourth-order valence-electron chi connectivity index (χ4n) is 2.90. The lowest BCUT2D eigenvalue weighted by Crippen LogP contribution is -2.27. The van der Waals surface area contributed by atoms with Crippen LogP contribution in [0.2, 0.25) is 0 Å². The Morgan fingerprint density at radius 3 is 2.32 bits per heavy atom. The first-order valence-electron chi connectivity index (χ1n) is 8.89. The number of rotatable bonds is 7. The minimum absolute atomic E-state index is 0.180. The zero-order valence-corrected chi connectivity index (χ0v) is 15.8. The second-order valence-electron chi connectivity index (χ2n) is 6.14. The molecule has 1 amide bonds. The van der Waals surface area contributed by atoms with E-state index in [0.717, 1.165) is 11.1 Å². The highest BCUT2D eigenvalue weighted by molar-refractivity contribution is 5.99. The van der Waals surface area contributed by atoms with Crippen molar-refractivity contribution < 1.29 is 9.53 Å². The van der Waals surface area contributed by atoms with Crippen LogP contribution in [0.3, 0.4) is 0 Å². The van der Waals surface area contributed by atoms with Crippen LogP contribution in [0.5, 0.6) is 0 Å². The summed E-state index contributed by atoms with van der Waals surface area (Å²) in [7, 11) is 3.24. The van der Waals surface area contributed by atoms with Crippen molar-refractivity contribution in [3.8, 4) is 0 Å². The van der Waals surface area contributed by atoms with Gasteiger partial charge in [0.05, 0.1) is 0 Å². The van der Waals surface area contributed by atoms with Crippen LogP contribution in [0.4, 0.5) is 11.5 Å². The first-order chi connectivity index (χ1) is 13.6. The van der Waals surface area contributed by atoms with Crippen molar-refractivity contribution in [2.75, 3.05) is 25.2 Å². The summed E-state index contributed by atoms with van der Waals surface area (Å²) in [5, 5.41) is 5.79. The lowest BCUT2D eigenvalue weighted by Gasteiger charge is -2.18. The van der Waals surface area contributed by atoms with Crippen LogP contribution in [-0.4, -0.2) is 30.0 Å². The Morgan fingerprint density at radius 1 is 1.07 bits per heavy atom. The van der Waals surface area contributed by atoms with Crippen LogP contribution in [-0.2, 0) is 11.3 Å². The number of benzene rings is 2. The Kier molecular flexibility index (Phi) is 6.18. The standard InChI is InChI=1S/C21H23N5O2/c1-23-16-17(21(27)24-13-14-9-5-3-6-10-14)25-20(26-19(16)22)18(28-2)15-11-7-4-8-12-15/h3-12,18,23H,13H2,1-2H3,(H,24,27)(H2,22,25,26). The Hall–Kier alpha value is -3.45. The molecule has 0 bridgehead atoms. The number of nitrogens with zero attached hydrogens (tertiary/aromatic N) is 2. The van der Waals surface area contributed by atoms with Crippen molar-refractivity contribution in [3.05, 3.63) is 83.3 Å². The van der Waals surface area contributed by atoms with E-state index in [1.807, 2.05) is 60.7 Å². The number of hydrogen-bond donors (Lipinski definition) is 3. The topological polar surface area (TPSA) is 102 Å². The molecule has 1 aromatic heterocycles. The molecule has 0 saturated carbocycles. The molecule has 7 nitrogen and oxygen atoms in total. The zero-order chi connectivity index (χ0) is 19.9. The second kappa shape index (κ2) is 8.96. The van der Waals surface area contributed by atoms with Gasteiger partial charge in [-0.3, -0.25) is 4.79 Å². The van der Waals surface area contributed by atoms with Crippen molar-refractivity contribution in [3.63, 3.8) is 0 Å². The number of carbonyl (C=O) groups excluding carboxylic acids is 1. The smallest absolute Gasteiger partial charge is 0.272 e. The Bertz CT molecular complexity index is 932. The molecule has 28 heavy (non-hydrogen) atoms. The second-order valence-corrected chi connectivity index (χ2v) is 6.14. The van der Waals surface area contributed by atoms with E-state index in [0.29, 0.717) is 18.1 Å². The van der Waals surface area contributed by atoms with Gasteiger partial charge >= 0.3 is 0 Å². The Labute approximate surface area is 164 Å². The van der Waals surface area contributed by atoms with E-state index in [1.54, 1.807) is 14.2 Å². The molecule has 1 atom stereocenters. The summed E-state index contributed by atoms with van der Waals surface area (Å²) in [6.45, 7) is 0.383. The van der Waals surface area contributed by atoms with Gasteiger partial charge in [-0.15, -0.1) is 0 Å². The molecule has 3 rings (SSSR count). The number of aromatic nitrogens is 2. The van der Waals surface area contributed by atoms with Gasteiger partial charge in [-0.2, -0.15) is 0 Å². The molecule has 1 unspecified atom stereocenters. The third-order valence-corrected chi connectivity index (χ3v) is 4.29. The van der Waals surface area contributed by atoms with Crippen LogP contribution in [0, 0.1) is 0 Å². The number of nitrogen functional groups attached to an aromatic ring is 1. The normalized spacial score (nSPS) is 11.6. The van der Waals surface area contributed by atoms with Gasteiger partial charge in [-0.1, -0.05) is 60.7 Å². The average Bonchev–Trinajstić information content (AvgIpc) is 2.73. The zero-order valence-electron chi connectivity index (χ0n) is 15.8. The lowest BCUT2D eigenvalue weighted by molar-refractivity contribution is 0.0943. The average molecular weight is 377 g/mol. The molecule has 0 saturated heterocycles. The van der Waals surface area contributed by atoms with Crippen molar-refractivity contribution in [2.24, 2.45) is 0 Å². The predicted molar refractivity (Wildman–Crippen MR) is 109 cm³/mol. The van der Waals surface area contributed by atoms with Crippen LogP contribution in [0.25, 0.3) is 0 Å². The molecule has 3 aromatic rings. The molecule has 0 spiro atoms. The maximum absolute atomic E-state index is 12.8. The van der Waals surface area contributed by atoms with Gasteiger partial charge < -0.3 is 21.1 Å². The summed E-state index contributed by atoms with van der Waals surface area (Å²) >= 11 is 0. The van der Waals surface area contributed by atoms with Gasteiger partial charge in [-0.05, 0) is 11.1 Å². The highest BCUT2D eigenvalue weighted by Crippen LogP contribution is 2.27. The van der Waals surface area contributed by atoms with E-state index in [9.17, 15) is 4.79 Å². The van der Waals surface area contributed by atoms with Crippen LogP contribution in [0.1, 0.15) is 33.5 Å². The number of carbonyl (C=O) groups is 1. The lowest BCUT2D eigenvalue weighted by atomic mass is 10.1. The molecule has 7 heteroatoms. The van der Waals surface area contributed by atoms with Gasteiger partial charge in [0.2, 0.25) is 0 Å². The van der Waals surface area contributed by atoms with Crippen LogP contribution in [0.15, 0.2) is 60.7 Å². The van der Waals surface area contributed by atoms with Gasteiger partial charge in [0, 0.05) is 20.7 Å². The molecule has 4 N–H and O–H groups in total. The largest absolute Gasteiger partial charge is 0.383 e. The molecule has 0 fully saturated rings. The molecular formula is C21H23N5O2. The number of ether oxygens (including phenoxy) is 1. The van der Waals surface area contributed by atoms with Gasteiger partial charge in [0.25, 0.3) is 5.91 Å². The fraction of sp³-hybridized carbons (Fsp3) is 0.190. The van der Waals surface area contributed by atoms with E-state index in [1.165, 1.54) is 0 Å². The third-order valence-electron chi connectivity index (χ3n) is 4.29. The minimum Gasteiger partial charge on any atom is -0.383 e. The quantitative estimate of drug-likeness (QED) is 0.585. The van der Waals surface area contributed by atoms with Crippen molar-refractivity contribution in [1.29, 1.82) is 0 Å². The van der Waals surface area contributed by atoms with Gasteiger partial charge in [-0.25, -0.2) is 9.97 Å². The SMILES string of the molecule is CNc1c(N)nc(C(OC)c2ccccc2)nc1C(=O)NCc1ccccc1. The maximum atomic E-state index is 12.8. The molecule has 0 radical (unpaired) electrons. The summed E-state index contributed by atoms with van der Waals surface area (Å²) in [5.41, 5.74) is 8.53. The maximum Gasteiger partial charge on any atom is 0.272 e. The number of nitrogens with two attached hydrogens (primary N) is 1. The Morgan fingerprint density at radius 2 is 1.71 bits per heavy atom. The monoisotopic (exact) mass is 377 g/mol. The molecular weight excluding hydrogens is 354 g/mol. The first kappa shape index (κ1) is 19.3. The van der Waals surface area contributed by atoms with Crippen LogP contribution < -0.4 is 16.4 Å². The minimum atomic E-state index is -0.532. The molecule has 0 aliphatic rings. The first-order valence-corrected chi connectivity index (χ1v) is 8.89. The summed E-state index contributed by atoms with van der Waals surface area (Å²) in [6, 6.07) is 19.2. The molecule has 0 aliphatic heterocycles. The highest BCUT2D eigenvalue weighted by Gasteiger charge is 2.23. The predicted octanol–water partition coefficient (Wildman–Crippen LogP) is 2.77. The fourth-order valence-corrected chi connectivity index (χ4v) is 2.90. The van der Waals surface area contributed by atoms with E-state index in [4.69, 9.17) is 10.5 Å². The van der Waals surface area contributed by atoms with Crippen LogP contribution >= 0.6 is 0 Å². The third kappa shape index (κ3) is 4.27. The number of hydrogen-bond acceptors (Lipinski definition) is 6. The number of nitrogens with one attached hydrogen (secondary N) is 2. The van der Waals surface area contributed by atoms with E-state index < -0.39 is 6.10 Å². The van der Waals surface area contributed by atoms with E-state index in [2.05, 4.69) is 20.6 Å². The van der Waals surface area contributed by atoms with E-state index in [-0.39, 0.29) is 17.4 Å². The highest BCUT2D eigenvalue weighted by atomic mass is 16.5. The number of anilines is 2. The molecule has 0 aliphatic carbocycles. The Balaban J connectivity index is 1.92. The molecule has 2 aromatic carbocycles. The van der Waals surface area contributed by atoms with Gasteiger partial charge in [0.1, 0.15) is 11.8 Å². The summed E-state index contributed by atoms with van der Waals surface area (Å²) in [5.74, 6) is 0.178. The van der Waals surface area contributed by atoms with Crippen molar-refractivity contribution in [1.82, 2.24) is 15.3 Å². The van der Waals surface area contributed by atoms with Crippen molar-refractivity contribution >= 4 is 17.4 Å². The number of methoxy groups -OCH3 is 1. The summed E-state index contributed by atoms with van der Waals surface area (Å²) in [6.07, 6.45) is -0.532. The van der Waals surface area contributed by atoms with E-state index >= 15 is 0 Å². The number of amides is 1. The van der Waals surface area contributed by atoms with Gasteiger partial charge in [0.15, 0.2) is 17.3 Å². The summed E-state index contributed by atoms with van der Waals surface area (Å²) in [4.78, 5) is 21.6. The summed E-state index contributed by atoms with van der Waals surface area (Å²) < 4.78 is 5.58. The van der Waals surface area contributed by atoms with Crippen molar-refractivity contribution in [2.45, 2.75) is 12.6 Å². The molecule has 144 valence electrons.